The first-order chi connectivity index (χ1) is 9.33. The van der Waals surface area contributed by atoms with Gasteiger partial charge in [-0.2, -0.15) is 0 Å². The van der Waals surface area contributed by atoms with Gasteiger partial charge in [0.15, 0.2) is 0 Å². The van der Waals surface area contributed by atoms with Gasteiger partial charge in [-0.15, -0.1) is 0 Å². The Morgan fingerprint density at radius 1 is 0.895 bits per heavy atom. The lowest BCUT2D eigenvalue weighted by Gasteiger charge is -2.47. The molecule has 1 saturated carbocycles. The second-order valence-electron chi connectivity index (χ2n) is 6.25. The highest BCUT2D eigenvalue weighted by atomic mass is 15.2. The van der Waals surface area contributed by atoms with E-state index in [9.17, 15) is 0 Å². The van der Waals surface area contributed by atoms with E-state index >= 15 is 0 Å². The molecule has 2 fully saturated rings. The first kappa shape index (κ1) is 13.1. The molecule has 19 heavy (non-hydrogen) atoms. The van der Waals surface area contributed by atoms with Crippen molar-refractivity contribution in [2.24, 2.45) is 5.73 Å². The molecule has 0 bridgehead atoms. The van der Waals surface area contributed by atoms with Crippen LogP contribution in [0.1, 0.15) is 56.6 Å². The van der Waals surface area contributed by atoms with E-state index < -0.39 is 0 Å². The molecule has 3 rings (SSSR count). The van der Waals surface area contributed by atoms with Gasteiger partial charge in [0, 0.05) is 11.6 Å². The summed E-state index contributed by atoms with van der Waals surface area (Å²) in [5.74, 6) is 0. The molecular formula is C17H26N2. The smallest absolute Gasteiger partial charge is 0.0482 e. The molecule has 1 atom stereocenters. The van der Waals surface area contributed by atoms with Crippen molar-refractivity contribution in [3.8, 4) is 0 Å². The minimum Gasteiger partial charge on any atom is -0.322 e. The van der Waals surface area contributed by atoms with Gasteiger partial charge in [0.25, 0.3) is 0 Å². The Morgan fingerprint density at radius 2 is 1.53 bits per heavy atom. The van der Waals surface area contributed by atoms with Crippen molar-refractivity contribution in [3.05, 3.63) is 35.9 Å². The lowest BCUT2D eigenvalue weighted by molar-refractivity contribution is 0.0478. The van der Waals surface area contributed by atoms with E-state index in [1.807, 2.05) is 0 Å². The second kappa shape index (κ2) is 5.64. The quantitative estimate of drug-likeness (QED) is 0.899. The number of hydrogen-bond acceptors (Lipinski definition) is 2. The van der Waals surface area contributed by atoms with Gasteiger partial charge < -0.3 is 5.73 Å². The molecule has 0 amide bonds. The molecule has 0 spiro atoms. The maximum Gasteiger partial charge on any atom is 0.0482 e. The van der Waals surface area contributed by atoms with Gasteiger partial charge in [-0.25, -0.2) is 0 Å². The molecule has 0 aromatic heterocycles. The van der Waals surface area contributed by atoms with Crippen LogP contribution in [0, 0.1) is 0 Å². The minimum atomic E-state index is 0.175. The van der Waals surface area contributed by atoms with Crippen molar-refractivity contribution in [1.82, 2.24) is 4.90 Å². The fourth-order valence-corrected chi connectivity index (χ4v) is 4.12. The van der Waals surface area contributed by atoms with E-state index in [4.69, 9.17) is 5.73 Å². The van der Waals surface area contributed by atoms with Gasteiger partial charge in [-0.1, -0.05) is 49.6 Å². The number of likely N-dealkylation sites (tertiary alicyclic amines) is 1. The van der Waals surface area contributed by atoms with E-state index in [0.29, 0.717) is 0 Å². The maximum absolute atomic E-state index is 6.72. The van der Waals surface area contributed by atoms with E-state index in [-0.39, 0.29) is 11.6 Å². The van der Waals surface area contributed by atoms with Crippen molar-refractivity contribution >= 4 is 0 Å². The Hall–Kier alpha value is -0.860. The molecule has 2 aliphatic rings. The molecule has 1 saturated heterocycles. The first-order valence-electron chi connectivity index (χ1n) is 7.88. The number of nitrogens with zero attached hydrogens (tertiary/aromatic N) is 1. The lowest BCUT2D eigenvalue weighted by Crippen LogP contribution is -2.55. The minimum absolute atomic E-state index is 0.175. The van der Waals surface area contributed by atoms with Gasteiger partial charge in [0.1, 0.15) is 0 Å². The highest BCUT2D eigenvalue weighted by Crippen LogP contribution is 2.44. The summed E-state index contributed by atoms with van der Waals surface area (Å²) in [4.78, 5) is 2.72. The van der Waals surface area contributed by atoms with E-state index in [1.54, 1.807) is 0 Å². The predicted molar refractivity (Wildman–Crippen MR) is 80.0 cm³/mol. The normalized spacial score (nSPS) is 25.3. The molecule has 2 nitrogen and oxygen atoms in total. The van der Waals surface area contributed by atoms with Crippen LogP contribution in [0.2, 0.25) is 0 Å². The van der Waals surface area contributed by atoms with Crippen molar-refractivity contribution in [1.29, 1.82) is 0 Å². The Labute approximate surface area is 117 Å². The molecule has 104 valence electrons. The number of hydrogen-bond donors (Lipinski definition) is 1. The van der Waals surface area contributed by atoms with Crippen LogP contribution in [0.5, 0.6) is 0 Å². The summed E-state index contributed by atoms with van der Waals surface area (Å²) >= 11 is 0. The molecule has 2 heteroatoms. The van der Waals surface area contributed by atoms with Crippen LogP contribution >= 0.6 is 0 Å². The zero-order valence-electron chi connectivity index (χ0n) is 11.9. The third kappa shape index (κ3) is 2.44. The van der Waals surface area contributed by atoms with Gasteiger partial charge in [0.2, 0.25) is 0 Å². The number of piperidine rings is 1. The predicted octanol–water partition coefficient (Wildman–Crippen LogP) is 3.49. The van der Waals surface area contributed by atoms with Gasteiger partial charge in [0.05, 0.1) is 0 Å². The SMILES string of the molecule is NC(c1ccccc1)C1(N2CCCCC2)CCCC1. The van der Waals surface area contributed by atoms with Crippen LogP contribution in [-0.4, -0.2) is 23.5 Å². The van der Waals surface area contributed by atoms with Crippen LogP contribution in [0.3, 0.4) is 0 Å². The van der Waals surface area contributed by atoms with Crippen molar-refractivity contribution in [2.75, 3.05) is 13.1 Å². The topological polar surface area (TPSA) is 29.3 Å². The summed E-state index contributed by atoms with van der Waals surface area (Å²) in [6.07, 6.45) is 9.35. The third-order valence-corrected chi connectivity index (χ3v) is 5.19. The summed E-state index contributed by atoms with van der Waals surface area (Å²) in [5.41, 5.74) is 8.28. The molecule has 1 aliphatic heterocycles. The van der Waals surface area contributed by atoms with E-state index in [2.05, 4.69) is 35.2 Å². The monoisotopic (exact) mass is 258 g/mol. The molecule has 1 aromatic rings. The summed E-state index contributed by atoms with van der Waals surface area (Å²) in [7, 11) is 0. The Bertz CT molecular complexity index is 389. The van der Waals surface area contributed by atoms with Gasteiger partial charge in [-0.05, 0) is 44.3 Å². The zero-order chi connectivity index (χ0) is 13.1. The molecule has 1 aromatic carbocycles. The standard InChI is InChI=1S/C17H26N2/c18-16(15-9-3-1-4-10-15)17(11-5-6-12-17)19-13-7-2-8-14-19/h1,3-4,9-10,16H,2,5-8,11-14,18H2. The van der Waals surface area contributed by atoms with E-state index in [0.717, 1.165) is 0 Å². The summed E-state index contributed by atoms with van der Waals surface area (Å²) in [6.45, 7) is 2.50. The second-order valence-corrected chi connectivity index (χ2v) is 6.25. The molecule has 1 aliphatic carbocycles. The maximum atomic E-state index is 6.72. The van der Waals surface area contributed by atoms with Crippen molar-refractivity contribution in [3.63, 3.8) is 0 Å². The molecule has 0 radical (unpaired) electrons. The van der Waals surface area contributed by atoms with Crippen LogP contribution in [0.15, 0.2) is 30.3 Å². The third-order valence-electron chi connectivity index (χ3n) is 5.19. The zero-order valence-corrected chi connectivity index (χ0v) is 11.9. The molecular weight excluding hydrogens is 232 g/mol. The number of rotatable bonds is 3. The molecule has 1 heterocycles. The largest absolute Gasteiger partial charge is 0.322 e. The average molecular weight is 258 g/mol. The first-order valence-corrected chi connectivity index (χ1v) is 7.88. The van der Waals surface area contributed by atoms with Crippen LogP contribution < -0.4 is 5.73 Å². The summed E-state index contributed by atoms with van der Waals surface area (Å²) < 4.78 is 0. The fraction of sp³-hybridized carbons (Fsp3) is 0.647. The molecule has 1 unspecified atom stereocenters. The van der Waals surface area contributed by atoms with Crippen LogP contribution in [0.25, 0.3) is 0 Å². The highest BCUT2D eigenvalue weighted by molar-refractivity contribution is 5.24. The number of nitrogens with two attached hydrogens (primary N) is 1. The fourth-order valence-electron chi connectivity index (χ4n) is 4.12. The highest BCUT2D eigenvalue weighted by Gasteiger charge is 2.44. The molecule has 2 N–H and O–H groups in total. The summed E-state index contributed by atoms with van der Waals surface area (Å²) in [5, 5.41) is 0. The summed E-state index contributed by atoms with van der Waals surface area (Å²) in [6, 6.07) is 10.9. The van der Waals surface area contributed by atoms with Gasteiger partial charge in [-0.3, -0.25) is 4.90 Å². The Kier molecular flexibility index (Phi) is 3.90. The Balaban J connectivity index is 1.87. The van der Waals surface area contributed by atoms with Crippen LogP contribution in [0.4, 0.5) is 0 Å². The number of benzene rings is 1. The Morgan fingerprint density at radius 3 is 2.16 bits per heavy atom. The van der Waals surface area contributed by atoms with E-state index in [1.165, 1.54) is 63.6 Å². The lowest BCUT2D eigenvalue weighted by atomic mass is 9.81. The van der Waals surface area contributed by atoms with Crippen LogP contribution in [-0.2, 0) is 0 Å². The van der Waals surface area contributed by atoms with Crippen molar-refractivity contribution in [2.45, 2.75) is 56.5 Å². The van der Waals surface area contributed by atoms with Gasteiger partial charge >= 0.3 is 0 Å². The average Bonchev–Trinajstić information content (AvgIpc) is 2.99. The van der Waals surface area contributed by atoms with Crippen molar-refractivity contribution < 1.29 is 0 Å².